The monoisotopic (exact) mass is 356 g/mol. The van der Waals surface area contributed by atoms with Gasteiger partial charge in [0.1, 0.15) is 5.54 Å². The number of halogens is 1. The molecular weight excluding hydrogens is 344 g/mol. The average molecular weight is 357 g/mol. The molecule has 21 heavy (non-hydrogen) atoms. The van der Waals surface area contributed by atoms with Crippen LogP contribution in [-0.4, -0.2) is 27.4 Å². The molecule has 1 aromatic rings. The van der Waals surface area contributed by atoms with Crippen LogP contribution in [0.4, 0.5) is 5.69 Å². The van der Waals surface area contributed by atoms with Gasteiger partial charge in [-0.25, -0.2) is 4.79 Å². The van der Waals surface area contributed by atoms with E-state index in [1.165, 1.54) is 19.1 Å². The Bertz CT molecular complexity index is 629. The van der Waals surface area contributed by atoms with Gasteiger partial charge in [0, 0.05) is 16.6 Å². The Kier molecular flexibility index (Phi) is 3.99. The van der Waals surface area contributed by atoms with Gasteiger partial charge in [0.15, 0.2) is 0 Å². The first-order valence-corrected chi connectivity index (χ1v) is 7.05. The number of nitrogens with one attached hydrogen (secondary N) is 1. The molecule has 1 aliphatic carbocycles. The SMILES string of the molecule is CC(NC(=O)c1cc([N+](=O)[O-])ccc1Br)(C(=O)O)C1CC1. The summed E-state index contributed by atoms with van der Waals surface area (Å²) in [5, 5.41) is 22.6. The summed E-state index contributed by atoms with van der Waals surface area (Å²) in [6, 6.07) is 3.77. The molecule has 8 heteroatoms. The lowest BCUT2D eigenvalue weighted by molar-refractivity contribution is -0.384. The van der Waals surface area contributed by atoms with Crippen molar-refractivity contribution >= 4 is 33.5 Å². The first kappa shape index (κ1) is 15.4. The van der Waals surface area contributed by atoms with Crippen LogP contribution in [0.15, 0.2) is 22.7 Å². The second-order valence-corrected chi connectivity index (χ2v) is 6.01. The van der Waals surface area contributed by atoms with Gasteiger partial charge in [-0.3, -0.25) is 14.9 Å². The molecule has 0 radical (unpaired) electrons. The van der Waals surface area contributed by atoms with Crippen LogP contribution in [0.3, 0.4) is 0 Å². The molecule has 0 heterocycles. The van der Waals surface area contributed by atoms with E-state index in [0.717, 1.165) is 18.9 Å². The van der Waals surface area contributed by atoms with Crippen LogP contribution >= 0.6 is 15.9 Å². The highest BCUT2D eigenvalue weighted by Crippen LogP contribution is 2.40. The smallest absolute Gasteiger partial charge is 0.329 e. The summed E-state index contributed by atoms with van der Waals surface area (Å²) in [5.74, 6) is -1.88. The number of nitro benzene ring substituents is 1. The van der Waals surface area contributed by atoms with Gasteiger partial charge >= 0.3 is 5.97 Å². The molecule has 1 saturated carbocycles. The number of carbonyl (C=O) groups excluding carboxylic acids is 1. The third-order valence-electron chi connectivity index (χ3n) is 3.62. The fourth-order valence-electron chi connectivity index (χ4n) is 2.09. The summed E-state index contributed by atoms with van der Waals surface area (Å²) in [6.45, 7) is 1.45. The second-order valence-electron chi connectivity index (χ2n) is 5.16. The van der Waals surface area contributed by atoms with Crippen LogP contribution in [0.25, 0.3) is 0 Å². The van der Waals surface area contributed by atoms with E-state index < -0.39 is 22.3 Å². The van der Waals surface area contributed by atoms with Gasteiger partial charge in [-0.05, 0) is 47.7 Å². The topological polar surface area (TPSA) is 110 Å². The maximum Gasteiger partial charge on any atom is 0.329 e. The van der Waals surface area contributed by atoms with E-state index in [-0.39, 0.29) is 17.2 Å². The Morgan fingerprint density at radius 1 is 1.48 bits per heavy atom. The molecule has 1 fully saturated rings. The molecule has 0 aromatic heterocycles. The van der Waals surface area contributed by atoms with Gasteiger partial charge in [-0.1, -0.05) is 0 Å². The number of benzene rings is 1. The van der Waals surface area contributed by atoms with Crippen molar-refractivity contribution in [2.24, 2.45) is 5.92 Å². The van der Waals surface area contributed by atoms with E-state index in [9.17, 15) is 24.8 Å². The number of hydrogen-bond acceptors (Lipinski definition) is 4. The van der Waals surface area contributed by atoms with Crippen LogP contribution in [0.2, 0.25) is 0 Å². The van der Waals surface area contributed by atoms with Gasteiger partial charge in [0.05, 0.1) is 10.5 Å². The number of nitro groups is 1. The number of carbonyl (C=O) groups is 2. The van der Waals surface area contributed by atoms with Gasteiger partial charge in [-0.15, -0.1) is 0 Å². The average Bonchev–Trinajstić information content (AvgIpc) is 3.22. The number of amides is 1. The minimum Gasteiger partial charge on any atom is -0.480 e. The summed E-state index contributed by atoms with van der Waals surface area (Å²) < 4.78 is 0.370. The molecule has 1 amide bonds. The number of aliphatic carboxylic acids is 1. The summed E-state index contributed by atoms with van der Waals surface area (Å²) >= 11 is 3.15. The van der Waals surface area contributed by atoms with Crippen molar-refractivity contribution in [1.82, 2.24) is 5.32 Å². The number of nitrogens with zero attached hydrogens (tertiary/aromatic N) is 1. The molecule has 0 spiro atoms. The summed E-state index contributed by atoms with van der Waals surface area (Å²) in [4.78, 5) is 33.8. The molecule has 0 saturated heterocycles. The minimum absolute atomic E-state index is 0.0392. The number of rotatable bonds is 5. The molecular formula is C13H13BrN2O5. The molecule has 1 unspecified atom stereocenters. The highest BCUT2D eigenvalue weighted by molar-refractivity contribution is 9.10. The number of hydrogen-bond donors (Lipinski definition) is 2. The van der Waals surface area contributed by atoms with Crippen molar-refractivity contribution in [1.29, 1.82) is 0 Å². The zero-order valence-electron chi connectivity index (χ0n) is 11.1. The van der Waals surface area contributed by atoms with Crippen molar-refractivity contribution in [3.8, 4) is 0 Å². The predicted molar refractivity (Wildman–Crippen MR) is 77.0 cm³/mol. The van der Waals surface area contributed by atoms with E-state index in [2.05, 4.69) is 21.2 Å². The first-order chi connectivity index (χ1) is 9.75. The zero-order chi connectivity index (χ0) is 15.8. The predicted octanol–water partition coefficient (Wildman–Crippen LogP) is 2.34. The Balaban J connectivity index is 2.29. The van der Waals surface area contributed by atoms with Crippen LogP contribution in [0, 0.1) is 16.0 Å². The standard InChI is InChI=1S/C13H13BrN2O5/c1-13(12(18)19,7-2-3-7)15-11(17)9-6-8(16(20)21)4-5-10(9)14/h4-7H,2-3H2,1H3,(H,15,17)(H,18,19). The first-order valence-electron chi connectivity index (χ1n) is 6.25. The fraction of sp³-hybridized carbons (Fsp3) is 0.385. The maximum absolute atomic E-state index is 12.3. The largest absolute Gasteiger partial charge is 0.480 e. The normalized spacial score (nSPS) is 16.9. The molecule has 1 aliphatic rings. The van der Waals surface area contributed by atoms with E-state index in [1.807, 2.05) is 0 Å². The second kappa shape index (κ2) is 5.44. The fourth-order valence-corrected chi connectivity index (χ4v) is 2.52. The highest BCUT2D eigenvalue weighted by Gasteiger charge is 2.48. The molecule has 1 aromatic carbocycles. The highest BCUT2D eigenvalue weighted by atomic mass is 79.9. The summed E-state index contributed by atoms with van der Waals surface area (Å²) in [6.07, 6.45) is 1.47. The van der Waals surface area contributed by atoms with E-state index in [0.29, 0.717) is 4.47 Å². The van der Waals surface area contributed by atoms with Crippen LogP contribution in [0.5, 0.6) is 0 Å². The Hall–Kier alpha value is -1.96. The zero-order valence-corrected chi connectivity index (χ0v) is 12.7. The van der Waals surface area contributed by atoms with Crippen molar-refractivity contribution in [2.45, 2.75) is 25.3 Å². The van der Waals surface area contributed by atoms with Gasteiger partial charge in [0.25, 0.3) is 11.6 Å². The Labute approximate surface area is 128 Å². The quantitative estimate of drug-likeness (QED) is 0.621. The van der Waals surface area contributed by atoms with Gasteiger partial charge < -0.3 is 10.4 Å². The Morgan fingerprint density at radius 2 is 2.10 bits per heavy atom. The summed E-state index contributed by atoms with van der Waals surface area (Å²) in [5.41, 5.74) is -1.55. The number of carboxylic acid groups (broad SMARTS) is 1. The van der Waals surface area contributed by atoms with Gasteiger partial charge in [-0.2, -0.15) is 0 Å². The number of non-ortho nitro benzene ring substituents is 1. The van der Waals surface area contributed by atoms with Crippen LogP contribution < -0.4 is 5.32 Å². The lowest BCUT2D eigenvalue weighted by Crippen LogP contribution is -2.54. The third kappa shape index (κ3) is 3.05. The van der Waals surface area contributed by atoms with E-state index >= 15 is 0 Å². The van der Waals surface area contributed by atoms with Crippen molar-refractivity contribution < 1.29 is 19.6 Å². The molecule has 2 rings (SSSR count). The van der Waals surface area contributed by atoms with E-state index in [1.54, 1.807) is 0 Å². The molecule has 0 bridgehead atoms. The maximum atomic E-state index is 12.3. The molecule has 0 aliphatic heterocycles. The van der Waals surface area contributed by atoms with Crippen molar-refractivity contribution in [3.05, 3.63) is 38.3 Å². The molecule has 1 atom stereocenters. The summed E-state index contributed by atoms with van der Waals surface area (Å²) in [7, 11) is 0. The van der Waals surface area contributed by atoms with Crippen molar-refractivity contribution in [3.63, 3.8) is 0 Å². The minimum atomic E-state index is -1.36. The van der Waals surface area contributed by atoms with Gasteiger partial charge in [0.2, 0.25) is 0 Å². The molecule has 2 N–H and O–H groups in total. The molecule has 7 nitrogen and oxygen atoms in total. The van der Waals surface area contributed by atoms with Crippen LogP contribution in [-0.2, 0) is 4.79 Å². The third-order valence-corrected chi connectivity index (χ3v) is 4.31. The van der Waals surface area contributed by atoms with Crippen LogP contribution in [0.1, 0.15) is 30.1 Å². The molecule has 112 valence electrons. The lowest BCUT2D eigenvalue weighted by atomic mass is 9.95. The van der Waals surface area contributed by atoms with E-state index in [4.69, 9.17) is 0 Å². The number of carboxylic acids is 1. The lowest BCUT2D eigenvalue weighted by Gasteiger charge is -2.26. The Morgan fingerprint density at radius 3 is 2.57 bits per heavy atom. The van der Waals surface area contributed by atoms with Crippen molar-refractivity contribution in [2.75, 3.05) is 0 Å².